The molecule has 0 bridgehead atoms. The molecular weight excluding hydrogens is 414 g/mol. The van der Waals surface area contributed by atoms with Crippen molar-refractivity contribution in [1.29, 1.82) is 0 Å². The molecule has 0 fully saturated rings. The van der Waals surface area contributed by atoms with E-state index in [2.05, 4.69) is 5.32 Å². The van der Waals surface area contributed by atoms with E-state index in [-0.39, 0.29) is 18.3 Å². The van der Waals surface area contributed by atoms with Crippen molar-refractivity contribution in [3.8, 4) is 11.5 Å². The quantitative estimate of drug-likeness (QED) is 0.529. The maximum atomic E-state index is 13.7. The maximum absolute atomic E-state index is 13.7. The molecule has 1 aliphatic carbocycles. The number of dihydropyridines is 1. The molecule has 8 nitrogen and oxygen atoms in total. The summed E-state index contributed by atoms with van der Waals surface area (Å²) in [6.45, 7) is 5.51. The SMILES string of the molecule is CCOC(=O)C1=C(C)NC2=C(C(=O)[C@@H](C(=O)OC)[C@@H](C)C2)[C@H]1c1cccc(OC)c1OC. The summed E-state index contributed by atoms with van der Waals surface area (Å²) < 4.78 is 21.3. The Morgan fingerprint density at radius 1 is 1.16 bits per heavy atom. The van der Waals surface area contributed by atoms with Crippen LogP contribution in [0.4, 0.5) is 0 Å². The van der Waals surface area contributed by atoms with E-state index in [1.54, 1.807) is 32.0 Å². The Kier molecular flexibility index (Phi) is 6.91. The van der Waals surface area contributed by atoms with Gasteiger partial charge in [0.25, 0.3) is 0 Å². The fraction of sp³-hybridized carbons (Fsp3) is 0.458. The lowest BCUT2D eigenvalue weighted by Crippen LogP contribution is -2.43. The van der Waals surface area contributed by atoms with Gasteiger partial charge in [-0.2, -0.15) is 0 Å². The van der Waals surface area contributed by atoms with Crippen molar-refractivity contribution in [3.05, 3.63) is 46.3 Å². The van der Waals surface area contributed by atoms with E-state index in [0.717, 1.165) is 0 Å². The summed E-state index contributed by atoms with van der Waals surface area (Å²) in [6, 6.07) is 5.29. The molecule has 3 atom stereocenters. The number of Topliss-reactive ketones (excluding diaryl/α,β-unsaturated/α-hetero) is 1. The van der Waals surface area contributed by atoms with E-state index >= 15 is 0 Å². The van der Waals surface area contributed by atoms with E-state index in [0.29, 0.717) is 46.0 Å². The Morgan fingerprint density at radius 2 is 1.88 bits per heavy atom. The van der Waals surface area contributed by atoms with Crippen LogP contribution in [-0.4, -0.2) is 45.7 Å². The van der Waals surface area contributed by atoms with Gasteiger partial charge < -0.3 is 24.3 Å². The van der Waals surface area contributed by atoms with Gasteiger partial charge in [-0.1, -0.05) is 19.1 Å². The number of ether oxygens (including phenoxy) is 4. The highest BCUT2D eigenvalue weighted by molar-refractivity contribution is 6.12. The van der Waals surface area contributed by atoms with Gasteiger partial charge in [0.1, 0.15) is 5.92 Å². The molecule has 1 N–H and O–H groups in total. The Morgan fingerprint density at radius 3 is 2.47 bits per heavy atom. The molecule has 1 aliphatic heterocycles. The van der Waals surface area contributed by atoms with E-state index in [4.69, 9.17) is 18.9 Å². The molecule has 1 aromatic carbocycles. The highest BCUT2D eigenvalue weighted by Crippen LogP contribution is 2.49. The van der Waals surface area contributed by atoms with Crippen LogP contribution in [0.15, 0.2) is 40.7 Å². The number of ketones is 1. The monoisotopic (exact) mass is 443 g/mol. The standard InChI is InChI=1S/C24H29NO7/c1-7-32-24(28)18-13(3)25-15-11-12(2)17(23(27)31-6)21(26)20(15)19(18)14-9-8-10-16(29-4)22(14)30-5/h8-10,12,17,19,25H,7,11H2,1-6H3/t12-,17-,19-/m0/s1. The summed E-state index contributed by atoms with van der Waals surface area (Å²) in [4.78, 5) is 39.2. The molecule has 172 valence electrons. The lowest BCUT2D eigenvalue weighted by Gasteiger charge is -2.38. The second kappa shape index (κ2) is 9.46. The molecule has 8 heteroatoms. The van der Waals surface area contributed by atoms with E-state index in [1.165, 1.54) is 21.3 Å². The number of allylic oxidation sites excluding steroid dienone is 3. The van der Waals surface area contributed by atoms with Gasteiger partial charge in [-0.15, -0.1) is 0 Å². The van der Waals surface area contributed by atoms with Crippen LogP contribution in [0.3, 0.4) is 0 Å². The minimum Gasteiger partial charge on any atom is -0.493 e. The smallest absolute Gasteiger partial charge is 0.336 e. The molecule has 0 aromatic heterocycles. The van der Waals surface area contributed by atoms with Crippen LogP contribution < -0.4 is 14.8 Å². The first kappa shape index (κ1) is 23.4. The van der Waals surface area contributed by atoms with E-state index < -0.39 is 23.8 Å². The molecule has 0 amide bonds. The van der Waals surface area contributed by atoms with Gasteiger partial charge in [0.2, 0.25) is 0 Å². The number of hydrogen-bond acceptors (Lipinski definition) is 8. The van der Waals surface area contributed by atoms with Crippen molar-refractivity contribution in [2.75, 3.05) is 27.9 Å². The molecule has 3 rings (SSSR count). The summed E-state index contributed by atoms with van der Waals surface area (Å²) >= 11 is 0. The molecule has 32 heavy (non-hydrogen) atoms. The minimum absolute atomic E-state index is 0.180. The topological polar surface area (TPSA) is 100 Å². The largest absolute Gasteiger partial charge is 0.493 e. The fourth-order valence-electron chi connectivity index (χ4n) is 4.61. The van der Waals surface area contributed by atoms with Crippen molar-refractivity contribution in [3.63, 3.8) is 0 Å². The number of carbonyl (C=O) groups excluding carboxylic acids is 3. The lowest BCUT2D eigenvalue weighted by molar-refractivity contribution is -0.151. The second-order valence-corrected chi connectivity index (χ2v) is 7.84. The third-order valence-electron chi connectivity index (χ3n) is 5.98. The number of benzene rings is 1. The molecule has 0 saturated heterocycles. The molecule has 2 aliphatic rings. The fourth-order valence-corrected chi connectivity index (χ4v) is 4.61. The zero-order valence-electron chi connectivity index (χ0n) is 19.2. The number of nitrogens with one attached hydrogen (secondary N) is 1. The number of rotatable bonds is 6. The zero-order chi connectivity index (χ0) is 23.6. The van der Waals surface area contributed by atoms with Crippen molar-refractivity contribution in [2.24, 2.45) is 11.8 Å². The number of carbonyl (C=O) groups is 3. The predicted molar refractivity (Wildman–Crippen MR) is 116 cm³/mol. The van der Waals surface area contributed by atoms with Crippen LogP contribution in [-0.2, 0) is 23.9 Å². The van der Waals surface area contributed by atoms with Gasteiger partial charge in [-0.05, 0) is 32.3 Å². The molecule has 0 radical (unpaired) electrons. The van der Waals surface area contributed by atoms with Gasteiger partial charge in [0.05, 0.1) is 39.4 Å². The predicted octanol–water partition coefficient (Wildman–Crippen LogP) is 2.88. The van der Waals surface area contributed by atoms with Crippen molar-refractivity contribution < 1.29 is 33.3 Å². The summed E-state index contributed by atoms with van der Waals surface area (Å²) in [6.07, 6.45) is 0.455. The first-order valence-electron chi connectivity index (χ1n) is 10.5. The molecule has 0 saturated carbocycles. The summed E-state index contributed by atoms with van der Waals surface area (Å²) in [5, 5.41) is 3.23. The van der Waals surface area contributed by atoms with E-state index in [1.807, 2.05) is 6.92 Å². The van der Waals surface area contributed by atoms with Crippen molar-refractivity contribution in [1.82, 2.24) is 5.32 Å². The maximum Gasteiger partial charge on any atom is 0.336 e. The molecule has 0 unspecified atom stereocenters. The Hall–Kier alpha value is -3.29. The average Bonchev–Trinajstić information content (AvgIpc) is 2.77. The van der Waals surface area contributed by atoms with E-state index in [9.17, 15) is 14.4 Å². The van der Waals surface area contributed by atoms with Gasteiger partial charge in [0, 0.05) is 22.5 Å². The Balaban J connectivity index is 2.28. The molecular formula is C24H29NO7. The highest BCUT2D eigenvalue weighted by atomic mass is 16.5. The van der Waals surface area contributed by atoms with Crippen LogP contribution >= 0.6 is 0 Å². The first-order valence-corrected chi connectivity index (χ1v) is 10.5. The van der Waals surface area contributed by atoms with Crippen molar-refractivity contribution >= 4 is 17.7 Å². The minimum atomic E-state index is -0.957. The van der Waals surface area contributed by atoms with Gasteiger partial charge in [0.15, 0.2) is 17.3 Å². The second-order valence-electron chi connectivity index (χ2n) is 7.84. The summed E-state index contributed by atoms with van der Waals surface area (Å²) in [7, 11) is 4.28. The zero-order valence-corrected chi connectivity index (χ0v) is 19.2. The number of esters is 2. The molecule has 1 aromatic rings. The molecule has 1 heterocycles. The number of hydrogen-bond donors (Lipinski definition) is 1. The average molecular weight is 443 g/mol. The number of para-hydroxylation sites is 1. The van der Waals surface area contributed by atoms with Crippen molar-refractivity contribution in [2.45, 2.75) is 33.1 Å². The van der Waals surface area contributed by atoms with Crippen LogP contribution in [0.1, 0.15) is 38.7 Å². The van der Waals surface area contributed by atoms with Crippen LogP contribution in [0.2, 0.25) is 0 Å². The first-order chi connectivity index (χ1) is 15.3. The van der Waals surface area contributed by atoms with Crippen LogP contribution in [0.5, 0.6) is 11.5 Å². The highest BCUT2D eigenvalue weighted by Gasteiger charge is 2.48. The Bertz CT molecular complexity index is 1010. The third kappa shape index (κ3) is 3.85. The summed E-state index contributed by atoms with van der Waals surface area (Å²) in [5.74, 6) is -2.64. The van der Waals surface area contributed by atoms with Gasteiger partial charge >= 0.3 is 11.9 Å². The molecule has 0 spiro atoms. The normalized spacial score (nSPS) is 22.7. The van der Waals surface area contributed by atoms with Crippen LogP contribution in [0.25, 0.3) is 0 Å². The summed E-state index contributed by atoms with van der Waals surface area (Å²) in [5.41, 5.74) is 2.49. The Labute approximate surface area is 187 Å². The van der Waals surface area contributed by atoms with Gasteiger partial charge in [-0.3, -0.25) is 9.59 Å². The lowest BCUT2D eigenvalue weighted by atomic mass is 9.69. The number of methoxy groups -OCH3 is 3. The van der Waals surface area contributed by atoms with Gasteiger partial charge in [-0.25, -0.2) is 4.79 Å². The third-order valence-corrected chi connectivity index (χ3v) is 5.98. The van der Waals surface area contributed by atoms with Crippen LogP contribution in [0, 0.1) is 11.8 Å².